The van der Waals surface area contributed by atoms with E-state index < -0.39 is 0 Å². The summed E-state index contributed by atoms with van der Waals surface area (Å²) in [5.41, 5.74) is 2.17. The molecular formula is C22H17N5O2. The zero-order chi connectivity index (χ0) is 19.5. The standard InChI is InChI=1S/C22H17N5O2/c1-2-4-15(5-3-1)10-22-23-13-20(29-22)18-7-6-17-12-19(9-8-16(17)11-18)28-14-21-24-26-27-25-21/h1-9,11-13H,10,14H2,(H,24,25,26,27). The number of fused-ring (bicyclic) bond motifs is 1. The summed E-state index contributed by atoms with van der Waals surface area (Å²) in [6.45, 7) is 0.291. The molecule has 0 unspecified atom stereocenters. The van der Waals surface area contributed by atoms with Crippen LogP contribution in [0.5, 0.6) is 5.75 Å². The van der Waals surface area contributed by atoms with Crippen LogP contribution in [0.25, 0.3) is 22.1 Å². The van der Waals surface area contributed by atoms with E-state index in [-0.39, 0.29) is 0 Å². The van der Waals surface area contributed by atoms with Crippen molar-refractivity contribution in [2.75, 3.05) is 0 Å². The molecule has 5 rings (SSSR count). The monoisotopic (exact) mass is 383 g/mol. The zero-order valence-electron chi connectivity index (χ0n) is 15.4. The van der Waals surface area contributed by atoms with E-state index in [0.717, 1.165) is 27.8 Å². The van der Waals surface area contributed by atoms with Gasteiger partial charge in [-0.3, -0.25) is 0 Å². The Bertz CT molecular complexity index is 1230. The highest BCUT2D eigenvalue weighted by molar-refractivity contribution is 5.87. The molecule has 2 aromatic heterocycles. The first-order chi connectivity index (χ1) is 14.3. The number of H-pyrrole nitrogens is 1. The molecule has 1 N–H and O–H groups in total. The van der Waals surface area contributed by atoms with Gasteiger partial charge < -0.3 is 9.15 Å². The van der Waals surface area contributed by atoms with Crippen molar-refractivity contribution in [3.05, 3.63) is 90.2 Å². The number of ether oxygens (including phenoxy) is 1. The Morgan fingerprint density at radius 3 is 2.66 bits per heavy atom. The maximum atomic E-state index is 5.97. The molecule has 0 saturated heterocycles. The quantitative estimate of drug-likeness (QED) is 0.473. The number of nitrogens with zero attached hydrogens (tertiary/aromatic N) is 4. The minimum Gasteiger partial charge on any atom is -0.486 e. The maximum Gasteiger partial charge on any atom is 0.199 e. The lowest BCUT2D eigenvalue weighted by Crippen LogP contribution is -1.97. The number of hydrogen-bond acceptors (Lipinski definition) is 6. The lowest BCUT2D eigenvalue weighted by molar-refractivity contribution is 0.296. The molecule has 0 saturated carbocycles. The van der Waals surface area contributed by atoms with Crippen LogP contribution < -0.4 is 4.74 Å². The second kappa shape index (κ2) is 7.55. The number of nitrogens with one attached hydrogen (secondary N) is 1. The first-order valence-electron chi connectivity index (χ1n) is 9.22. The molecule has 0 fully saturated rings. The number of benzene rings is 3. The molecule has 0 spiro atoms. The maximum absolute atomic E-state index is 5.97. The van der Waals surface area contributed by atoms with Crippen molar-refractivity contribution in [1.29, 1.82) is 0 Å². The van der Waals surface area contributed by atoms with Gasteiger partial charge in [-0.25, -0.2) is 10.1 Å². The lowest BCUT2D eigenvalue weighted by atomic mass is 10.1. The average Bonchev–Trinajstić information content (AvgIpc) is 3.45. The molecule has 0 aliphatic heterocycles. The highest BCUT2D eigenvalue weighted by Crippen LogP contribution is 2.28. The number of aromatic amines is 1. The van der Waals surface area contributed by atoms with Gasteiger partial charge in [-0.2, -0.15) is 0 Å². The van der Waals surface area contributed by atoms with E-state index in [1.54, 1.807) is 6.20 Å². The molecule has 0 aliphatic carbocycles. The summed E-state index contributed by atoms with van der Waals surface area (Å²) in [7, 11) is 0. The molecule has 0 aliphatic rings. The first kappa shape index (κ1) is 17.1. The van der Waals surface area contributed by atoms with Crippen LogP contribution in [0.4, 0.5) is 0 Å². The van der Waals surface area contributed by atoms with Crippen molar-refractivity contribution >= 4 is 10.8 Å². The molecule has 5 aromatic rings. The van der Waals surface area contributed by atoms with Crippen LogP contribution in [-0.2, 0) is 13.0 Å². The predicted octanol–water partition coefficient (Wildman–Crippen LogP) is 4.18. The third-order valence-corrected chi connectivity index (χ3v) is 4.61. The number of hydrogen-bond donors (Lipinski definition) is 1. The van der Waals surface area contributed by atoms with Gasteiger partial charge in [0.25, 0.3) is 0 Å². The van der Waals surface area contributed by atoms with E-state index in [4.69, 9.17) is 9.15 Å². The lowest BCUT2D eigenvalue weighted by Gasteiger charge is -2.06. The van der Waals surface area contributed by atoms with Gasteiger partial charge in [0.1, 0.15) is 12.4 Å². The van der Waals surface area contributed by atoms with Gasteiger partial charge in [-0.15, -0.1) is 5.10 Å². The highest BCUT2D eigenvalue weighted by atomic mass is 16.5. The molecule has 142 valence electrons. The molecule has 0 amide bonds. The summed E-state index contributed by atoms with van der Waals surface area (Å²) in [4.78, 5) is 4.42. The fraction of sp³-hybridized carbons (Fsp3) is 0.0909. The second-order valence-electron chi connectivity index (χ2n) is 6.64. The highest BCUT2D eigenvalue weighted by Gasteiger charge is 2.09. The third kappa shape index (κ3) is 3.84. The van der Waals surface area contributed by atoms with E-state index in [0.29, 0.717) is 24.7 Å². The van der Waals surface area contributed by atoms with Crippen molar-refractivity contribution < 1.29 is 9.15 Å². The minimum absolute atomic E-state index is 0.291. The van der Waals surface area contributed by atoms with E-state index in [9.17, 15) is 0 Å². The zero-order valence-corrected chi connectivity index (χ0v) is 15.4. The van der Waals surface area contributed by atoms with Gasteiger partial charge >= 0.3 is 0 Å². The largest absolute Gasteiger partial charge is 0.486 e. The molecule has 0 atom stereocenters. The number of rotatable bonds is 6. The summed E-state index contributed by atoms with van der Waals surface area (Å²) in [6.07, 6.45) is 2.46. The van der Waals surface area contributed by atoms with E-state index in [1.807, 2.05) is 48.5 Å². The van der Waals surface area contributed by atoms with Crippen LogP contribution in [-0.4, -0.2) is 25.6 Å². The fourth-order valence-electron chi connectivity index (χ4n) is 3.15. The Kier molecular flexibility index (Phi) is 4.46. The van der Waals surface area contributed by atoms with E-state index in [1.165, 1.54) is 5.56 Å². The van der Waals surface area contributed by atoms with Gasteiger partial charge in [0.05, 0.1) is 6.20 Å². The summed E-state index contributed by atoms with van der Waals surface area (Å²) in [5.74, 6) is 2.80. The normalized spacial score (nSPS) is 11.0. The van der Waals surface area contributed by atoms with Crippen molar-refractivity contribution in [2.24, 2.45) is 0 Å². The van der Waals surface area contributed by atoms with Crippen molar-refractivity contribution in [3.63, 3.8) is 0 Å². The third-order valence-electron chi connectivity index (χ3n) is 4.61. The van der Waals surface area contributed by atoms with Crippen molar-refractivity contribution in [3.8, 4) is 17.1 Å². The molecule has 0 radical (unpaired) electrons. The van der Waals surface area contributed by atoms with Crippen LogP contribution in [0.2, 0.25) is 0 Å². The van der Waals surface area contributed by atoms with Crippen molar-refractivity contribution in [2.45, 2.75) is 13.0 Å². The molecule has 7 nitrogen and oxygen atoms in total. The average molecular weight is 383 g/mol. The van der Waals surface area contributed by atoms with Crippen LogP contribution in [0.1, 0.15) is 17.3 Å². The summed E-state index contributed by atoms with van der Waals surface area (Å²) in [6, 6.07) is 22.3. The second-order valence-corrected chi connectivity index (χ2v) is 6.64. The number of oxazole rings is 1. The van der Waals surface area contributed by atoms with E-state index >= 15 is 0 Å². The number of aromatic nitrogens is 5. The van der Waals surface area contributed by atoms with Crippen LogP contribution in [0.3, 0.4) is 0 Å². The van der Waals surface area contributed by atoms with E-state index in [2.05, 4.69) is 43.8 Å². The van der Waals surface area contributed by atoms with Crippen LogP contribution >= 0.6 is 0 Å². The molecular weight excluding hydrogens is 366 g/mol. The molecule has 29 heavy (non-hydrogen) atoms. The summed E-state index contributed by atoms with van der Waals surface area (Å²) < 4.78 is 11.7. The SMILES string of the molecule is c1ccc(Cc2ncc(-c3ccc4cc(OCc5nnn[nH]5)ccc4c3)o2)cc1. The topological polar surface area (TPSA) is 89.7 Å². The smallest absolute Gasteiger partial charge is 0.199 e. The van der Waals surface area contributed by atoms with Gasteiger partial charge in [0.15, 0.2) is 17.5 Å². The van der Waals surface area contributed by atoms with Gasteiger partial charge in [0, 0.05) is 12.0 Å². The Morgan fingerprint density at radius 1 is 0.931 bits per heavy atom. The molecule has 0 bridgehead atoms. The Balaban J connectivity index is 1.34. The molecule has 3 aromatic carbocycles. The Hall–Kier alpha value is -4.00. The van der Waals surface area contributed by atoms with Gasteiger partial charge in [0.2, 0.25) is 0 Å². The summed E-state index contributed by atoms with van der Waals surface area (Å²) in [5, 5.41) is 15.7. The minimum atomic E-state index is 0.291. The number of tetrazole rings is 1. The van der Waals surface area contributed by atoms with Gasteiger partial charge in [-0.1, -0.05) is 48.5 Å². The van der Waals surface area contributed by atoms with Crippen LogP contribution in [0.15, 0.2) is 77.3 Å². The van der Waals surface area contributed by atoms with Crippen molar-refractivity contribution in [1.82, 2.24) is 25.6 Å². The molecule has 2 heterocycles. The first-order valence-corrected chi connectivity index (χ1v) is 9.22. The molecule has 7 heteroatoms. The van der Waals surface area contributed by atoms with Gasteiger partial charge in [-0.05, 0) is 45.0 Å². The fourth-order valence-corrected chi connectivity index (χ4v) is 3.15. The Labute approximate surface area is 166 Å². The Morgan fingerprint density at radius 2 is 1.79 bits per heavy atom. The predicted molar refractivity (Wildman–Crippen MR) is 107 cm³/mol. The summed E-state index contributed by atoms with van der Waals surface area (Å²) >= 11 is 0. The van der Waals surface area contributed by atoms with Crippen LogP contribution in [0, 0.1) is 0 Å².